The molecule has 1 N–H and O–H groups in total. The third-order valence-corrected chi connectivity index (χ3v) is 3.51. The lowest BCUT2D eigenvalue weighted by molar-refractivity contribution is 0.0938. The molecule has 0 radical (unpaired) electrons. The summed E-state index contributed by atoms with van der Waals surface area (Å²) in [4.78, 5) is 16.8. The van der Waals surface area contributed by atoms with Crippen LogP contribution in [0.2, 0.25) is 0 Å². The fourth-order valence-electron chi connectivity index (χ4n) is 2.37. The average Bonchev–Trinajstić information content (AvgIpc) is 2.61. The van der Waals surface area contributed by atoms with Crippen LogP contribution in [0.4, 0.5) is 4.39 Å². The van der Waals surface area contributed by atoms with Crippen molar-refractivity contribution in [2.24, 2.45) is 0 Å². The molecule has 0 aliphatic heterocycles. The second-order valence-electron chi connectivity index (χ2n) is 5.05. The molecule has 1 heterocycles. The normalized spacial score (nSPS) is 11.7. The van der Waals surface area contributed by atoms with Crippen LogP contribution < -0.4 is 5.32 Å². The molecule has 3 aromatic rings. The zero-order valence-electron chi connectivity index (χ0n) is 12.3. The van der Waals surface area contributed by atoms with E-state index in [1.54, 1.807) is 18.3 Å². The van der Waals surface area contributed by atoms with Crippen LogP contribution in [-0.2, 0) is 0 Å². The van der Waals surface area contributed by atoms with Gasteiger partial charge in [0.25, 0.3) is 5.91 Å². The molecule has 0 fully saturated rings. The first-order valence-electron chi connectivity index (χ1n) is 7.27. The molecule has 1 amide bonds. The van der Waals surface area contributed by atoms with Crippen molar-refractivity contribution in [2.75, 3.05) is 0 Å². The van der Waals surface area contributed by atoms with Crippen molar-refractivity contribution in [3.8, 4) is 0 Å². The van der Waals surface area contributed by atoms with Crippen LogP contribution >= 0.6 is 0 Å². The molecule has 0 aliphatic rings. The van der Waals surface area contributed by atoms with Crippen molar-refractivity contribution in [2.45, 2.75) is 6.04 Å². The third kappa shape index (κ3) is 3.43. The number of hydrogen-bond donors (Lipinski definition) is 1. The molecule has 23 heavy (non-hydrogen) atoms. The van der Waals surface area contributed by atoms with Gasteiger partial charge < -0.3 is 5.32 Å². The summed E-state index contributed by atoms with van der Waals surface area (Å²) in [5.74, 6) is -1.01. The topological polar surface area (TPSA) is 42.0 Å². The van der Waals surface area contributed by atoms with Gasteiger partial charge in [-0.3, -0.25) is 9.78 Å². The van der Waals surface area contributed by atoms with Crippen LogP contribution in [-0.4, -0.2) is 10.9 Å². The highest BCUT2D eigenvalue weighted by Gasteiger charge is 2.20. The predicted molar refractivity (Wildman–Crippen MR) is 86.4 cm³/mol. The van der Waals surface area contributed by atoms with Crippen LogP contribution in [0.15, 0.2) is 79.0 Å². The van der Waals surface area contributed by atoms with Gasteiger partial charge in [-0.15, -0.1) is 0 Å². The fraction of sp³-hybridized carbons (Fsp3) is 0.0526. The summed E-state index contributed by atoms with van der Waals surface area (Å²) in [5.41, 5.74) is 1.60. The van der Waals surface area contributed by atoms with Crippen molar-refractivity contribution < 1.29 is 9.18 Å². The minimum absolute atomic E-state index is 0.0179. The van der Waals surface area contributed by atoms with Crippen LogP contribution in [0.5, 0.6) is 0 Å². The Kier molecular flexibility index (Phi) is 4.43. The summed E-state index contributed by atoms with van der Waals surface area (Å²) in [5, 5.41) is 2.87. The summed E-state index contributed by atoms with van der Waals surface area (Å²) < 4.78 is 13.8. The summed E-state index contributed by atoms with van der Waals surface area (Å²) in [7, 11) is 0. The molecule has 0 bridgehead atoms. The van der Waals surface area contributed by atoms with E-state index in [-0.39, 0.29) is 5.56 Å². The minimum atomic E-state index is -0.544. The third-order valence-electron chi connectivity index (χ3n) is 3.51. The number of halogens is 1. The summed E-state index contributed by atoms with van der Waals surface area (Å²) >= 11 is 0. The Balaban J connectivity index is 1.94. The Morgan fingerprint density at radius 2 is 1.61 bits per heavy atom. The highest BCUT2D eigenvalue weighted by Crippen LogP contribution is 2.21. The van der Waals surface area contributed by atoms with Crippen molar-refractivity contribution in [3.05, 3.63) is 102 Å². The second kappa shape index (κ2) is 6.83. The Morgan fingerprint density at radius 3 is 2.30 bits per heavy atom. The van der Waals surface area contributed by atoms with Gasteiger partial charge in [-0.25, -0.2) is 4.39 Å². The summed E-state index contributed by atoms with van der Waals surface area (Å²) in [6, 6.07) is 20.5. The second-order valence-corrected chi connectivity index (χ2v) is 5.05. The molecule has 1 aromatic heterocycles. The zero-order valence-corrected chi connectivity index (χ0v) is 12.3. The number of hydrogen-bond acceptors (Lipinski definition) is 2. The van der Waals surface area contributed by atoms with E-state index in [0.29, 0.717) is 5.69 Å². The number of benzene rings is 2. The molecule has 0 spiro atoms. The molecule has 1 atom stereocenters. The van der Waals surface area contributed by atoms with E-state index in [2.05, 4.69) is 10.3 Å². The number of nitrogens with one attached hydrogen (secondary N) is 1. The number of carbonyl (C=O) groups is 1. The summed E-state index contributed by atoms with van der Waals surface area (Å²) in [6.07, 6.45) is 1.67. The highest BCUT2D eigenvalue weighted by atomic mass is 19.1. The number of aromatic nitrogens is 1. The quantitative estimate of drug-likeness (QED) is 0.798. The molecule has 0 saturated heterocycles. The fourth-order valence-corrected chi connectivity index (χ4v) is 2.37. The van der Waals surface area contributed by atoms with Gasteiger partial charge in [0.05, 0.1) is 17.3 Å². The lowest BCUT2D eigenvalue weighted by atomic mass is 10.0. The summed E-state index contributed by atoms with van der Waals surface area (Å²) in [6.45, 7) is 0. The van der Waals surface area contributed by atoms with Gasteiger partial charge in [-0.05, 0) is 29.8 Å². The van der Waals surface area contributed by atoms with Crippen LogP contribution in [0.1, 0.15) is 27.7 Å². The van der Waals surface area contributed by atoms with Gasteiger partial charge in [0.2, 0.25) is 0 Å². The molecule has 3 rings (SSSR count). The predicted octanol–water partition coefficient (Wildman–Crippen LogP) is 3.74. The lowest BCUT2D eigenvalue weighted by Gasteiger charge is -2.19. The van der Waals surface area contributed by atoms with Crippen molar-refractivity contribution >= 4 is 5.91 Å². The van der Waals surface area contributed by atoms with E-state index >= 15 is 0 Å². The van der Waals surface area contributed by atoms with Crippen LogP contribution in [0.25, 0.3) is 0 Å². The number of nitrogens with zero attached hydrogens (tertiary/aromatic N) is 1. The van der Waals surface area contributed by atoms with Crippen molar-refractivity contribution in [1.82, 2.24) is 10.3 Å². The maximum absolute atomic E-state index is 13.8. The van der Waals surface area contributed by atoms with Crippen molar-refractivity contribution in [1.29, 1.82) is 0 Å². The Labute approximate surface area is 133 Å². The van der Waals surface area contributed by atoms with E-state index in [4.69, 9.17) is 0 Å². The molecule has 4 heteroatoms. The average molecular weight is 306 g/mol. The molecular formula is C19H15FN2O. The van der Waals surface area contributed by atoms with Gasteiger partial charge in [0, 0.05) is 6.20 Å². The Morgan fingerprint density at radius 1 is 0.913 bits per heavy atom. The smallest absolute Gasteiger partial charge is 0.255 e. The molecule has 0 aliphatic carbocycles. The molecular weight excluding hydrogens is 291 g/mol. The number of rotatable bonds is 4. The standard InChI is InChI=1S/C19H15FN2O/c20-16-11-5-4-10-15(16)19(23)22-18(14-8-2-1-3-9-14)17-12-6-7-13-21-17/h1-13,18H,(H,22,23). The minimum Gasteiger partial charge on any atom is -0.339 e. The number of amides is 1. The maximum atomic E-state index is 13.8. The Hall–Kier alpha value is -3.01. The van der Waals surface area contributed by atoms with Gasteiger partial charge >= 0.3 is 0 Å². The first-order valence-corrected chi connectivity index (χ1v) is 7.27. The van der Waals surface area contributed by atoms with Gasteiger partial charge in [0.15, 0.2) is 0 Å². The van der Waals surface area contributed by atoms with Crippen LogP contribution in [0.3, 0.4) is 0 Å². The first kappa shape index (κ1) is 14.9. The lowest BCUT2D eigenvalue weighted by Crippen LogP contribution is -2.30. The van der Waals surface area contributed by atoms with E-state index in [1.807, 2.05) is 48.5 Å². The molecule has 0 saturated carbocycles. The van der Waals surface area contributed by atoms with E-state index in [1.165, 1.54) is 12.1 Å². The van der Waals surface area contributed by atoms with E-state index in [9.17, 15) is 9.18 Å². The van der Waals surface area contributed by atoms with Gasteiger partial charge in [-0.2, -0.15) is 0 Å². The first-order chi connectivity index (χ1) is 11.3. The number of carbonyl (C=O) groups excluding carboxylic acids is 1. The maximum Gasteiger partial charge on any atom is 0.255 e. The molecule has 3 nitrogen and oxygen atoms in total. The van der Waals surface area contributed by atoms with Crippen molar-refractivity contribution in [3.63, 3.8) is 0 Å². The zero-order chi connectivity index (χ0) is 16.1. The molecule has 1 unspecified atom stereocenters. The SMILES string of the molecule is O=C(NC(c1ccccc1)c1ccccn1)c1ccccc1F. The molecule has 2 aromatic carbocycles. The highest BCUT2D eigenvalue weighted by molar-refractivity contribution is 5.94. The van der Waals surface area contributed by atoms with E-state index < -0.39 is 17.8 Å². The van der Waals surface area contributed by atoms with Crippen LogP contribution in [0, 0.1) is 5.82 Å². The monoisotopic (exact) mass is 306 g/mol. The molecule has 114 valence electrons. The largest absolute Gasteiger partial charge is 0.339 e. The number of pyridine rings is 1. The van der Waals surface area contributed by atoms with Gasteiger partial charge in [-0.1, -0.05) is 48.5 Å². The van der Waals surface area contributed by atoms with E-state index in [0.717, 1.165) is 5.56 Å². The Bertz CT molecular complexity index is 751. The van der Waals surface area contributed by atoms with Gasteiger partial charge in [0.1, 0.15) is 5.82 Å².